The Morgan fingerprint density at radius 1 is 0.225 bits per heavy atom. The zero-order valence-corrected chi connectivity index (χ0v) is 39.0. The molecule has 1 aliphatic carbocycles. The molecule has 2 heteroatoms. The molecule has 71 heavy (non-hydrogen) atoms. The van der Waals surface area contributed by atoms with Gasteiger partial charge < -0.3 is 0 Å². The van der Waals surface area contributed by atoms with E-state index in [1.807, 2.05) is 6.07 Å². The van der Waals surface area contributed by atoms with E-state index < -0.39 is 5.41 Å². The molecule has 1 aliphatic rings. The van der Waals surface area contributed by atoms with Crippen molar-refractivity contribution in [3.63, 3.8) is 0 Å². The minimum atomic E-state index is -0.456. The van der Waals surface area contributed by atoms with Crippen molar-refractivity contribution in [3.8, 4) is 89.5 Å². The van der Waals surface area contributed by atoms with Gasteiger partial charge in [0.2, 0.25) is 0 Å². The van der Waals surface area contributed by atoms with E-state index in [0.29, 0.717) is 5.82 Å². The average Bonchev–Trinajstić information content (AvgIpc) is 3.76. The molecule has 2 nitrogen and oxygen atoms in total. The van der Waals surface area contributed by atoms with E-state index in [0.717, 1.165) is 66.7 Å². The lowest BCUT2D eigenvalue weighted by Gasteiger charge is -2.33. The third-order valence-electron chi connectivity index (χ3n) is 14.4. The summed E-state index contributed by atoms with van der Waals surface area (Å²) in [5.41, 5.74) is 21.3. The lowest BCUT2D eigenvalue weighted by molar-refractivity contribution is 0.768. The molecule has 12 aromatic rings. The highest BCUT2D eigenvalue weighted by Crippen LogP contribution is 2.57. The molecule has 0 atom stereocenters. The zero-order chi connectivity index (χ0) is 47.1. The molecule has 1 aromatic heterocycles. The second-order valence-corrected chi connectivity index (χ2v) is 18.4. The average molecular weight is 903 g/mol. The van der Waals surface area contributed by atoms with E-state index in [4.69, 9.17) is 9.97 Å². The van der Waals surface area contributed by atoms with Gasteiger partial charge in [0.1, 0.15) is 0 Å². The smallest absolute Gasteiger partial charge is 0.160 e. The summed E-state index contributed by atoms with van der Waals surface area (Å²) in [5.74, 6) is 0.691. The van der Waals surface area contributed by atoms with E-state index in [-0.39, 0.29) is 0 Å². The van der Waals surface area contributed by atoms with Crippen LogP contribution in [0.2, 0.25) is 0 Å². The summed E-state index contributed by atoms with van der Waals surface area (Å²) in [4.78, 5) is 10.6. The van der Waals surface area contributed by atoms with Crippen LogP contribution in [0.5, 0.6) is 0 Å². The lowest BCUT2D eigenvalue weighted by Crippen LogP contribution is -2.28. The Hall–Kier alpha value is -9.24. The van der Waals surface area contributed by atoms with Crippen LogP contribution in [0.25, 0.3) is 100 Å². The summed E-state index contributed by atoms with van der Waals surface area (Å²) in [6, 6.07) is 101. The number of fused-ring (bicyclic) bond motifs is 4. The Kier molecular flexibility index (Phi) is 10.4. The quantitative estimate of drug-likeness (QED) is 0.144. The van der Waals surface area contributed by atoms with Gasteiger partial charge in [-0.3, -0.25) is 0 Å². The van der Waals surface area contributed by atoms with Gasteiger partial charge in [0, 0.05) is 16.7 Å². The van der Waals surface area contributed by atoms with Gasteiger partial charge in [-0.1, -0.05) is 249 Å². The highest BCUT2D eigenvalue weighted by molar-refractivity contribution is 6.06. The Morgan fingerprint density at radius 2 is 0.676 bits per heavy atom. The first-order chi connectivity index (χ1) is 35.2. The molecule has 0 fully saturated rings. The molecule has 0 spiro atoms. The fourth-order valence-corrected chi connectivity index (χ4v) is 11.2. The fourth-order valence-electron chi connectivity index (χ4n) is 11.2. The topological polar surface area (TPSA) is 25.8 Å². The molecule has 11 aromatic carbocycles. The minimum absolute atomic E-state index is 0.456. The molecular formula is C69H46N2. The predicted molar refractivity (Wildman–Crippen MR) is 295 cm³/mol. The van der Waals surface area contributed by atoms with E-state index >= 15 is 0 Å². The summed E-state index contributed by atoms with van der Waals surface area (Å²) in [6.45, 7) is 0. The molecule has 0 unspecified atom stereocenters. The SMILES string of the molecule is c1ccc(-c2cc(-c3ccc4c(c3)-c3ccccc3C4(c3ccccc3)c3ccccc3)cc(-c3ccc(-c4cc(-c5ccccc5-c5ccccc5)nc(-c5ccccc5)n4)c4ccccc34)c2)cc1. The van der Waals surface area contributed by atoms with Gasteiger partial charge in [0.25, 0.3) is 0 Å². The van der Waals surface area contributed by atoms with Gasteiger partial charge in [-0.15, -0.1) is 0 Å². The largest absolute Gasteiger partial charge is 0.228 e. The minimum Gasteiger partial charge on any atom is -0.228 e. The van der Waals surface area contributed by atoms with Crippen molar-refractivity contribution in [2.75, 3.05) is 0 Å². The maximum atomic E-state index is 5.34. The number of hydrogen-bond donors (Lipinski definition) is 0. The van der Waals surface area contributed by atoms with Crippen LogP contribution in [0.15, 0.2) is 279 Å². The molecule has 0 bridgehead atoms. The molecule has 332 valence electrons. The third kappa shape index (κ3) is 7.28. The molecular weight excluding hydrogens is 857 g/mol. The Labute approximate surface area is 414 Å². The highest BCUT2D eigenvalue weighted by atomic mass is 14.9. The van der Waals surface area contributed by atoms with Gasteiger partial charge in [-0.25, -0.2) is 9.97 Å². The monoisotopic (exact) mass is 902 g/mol. The zero-order valence-electron chi connectivity index (χ0n) is 39.0. The predicted octanol–water partition coefficient (Wildman–Crippen LogP) is 17.7. The third-order valence-corrected chi connectivity index (χ3v) is 14.4. The molecule has 0 N–H and O–H groups in total. The van der Waals surface area contributed by atoms with E-state index in [2.05, 4.69) is 273 Å². The normalized spacial score (nSPS) is 12.3. The molecule has 13 rings (SSSR count). The Morgan fingerprint density at radius 3 is 1.32 bits per heavy atom. The van der Waals surface area contributed by atoms with Crippen molar-refractivity contribution in [1.29, 1.82) is 0 Å². The van der Waals surface area contributed by atoms with Gasteiger partial charge in [0.15, 0.2) is 5.82 Å². The van der Waals surface area contributed by atoms with Crippen LogP contribution < -0.4 is 0 Å². The molecule has 1 heterocycles. The second kappa shape index (κ2) is 17.7. The summed E-state index contributed by atoms with van der Waals surface area (Å²) >= 11 is 0. The van der Waals surface area contributed by atoms with Crippen LogP contribution in [-0.2, 0) is 5.41 Å². The van der Waals surface area contributed by atoms with Crippen LogP contribution in [0.1, 0.15) is 22.3 Å². The Balaban J connectivity index is 0.986. The maximum Gasteiger partial charge on any atom is 0.160 e. The van der Waals surface area contributed by atoms with Crippen molar-refractivity contribution in [1.82, 2.24) is 9.97 Å². The van der Waals surface area contributed by atoms with Gasteiger partial charge in [-0.2, -0.15) is 0 Å². The summed E-state index contributed by atoms with van der Waals surface area (Å²) in [7, 11) is 0. The first-order valence-electron chi connectivity index (χ1n) is 24.4. The second-order valence-electron chi connectivity index (χ2n) is 18.4. The molecule has 0 amide bonds. The van der Waals surface area contributed by atoms with Crippen molar-refractivity contribution >= 4 is 10.8 Å². The first-order valence-corrected chi connectivity index (χ1v) is 24.4. The van der Waals surface area contributed by atoms with Gasteiger partial charge in [0.05, 0.1) is 16.8 Å². The number of hydrogen-bond acceptors (Lipinski definition) is 2. The number of rotatable bonds is 9. The number of aromatic nitrogens is 2. The summed E-state index contributed by atoms with van der Waals surface area (Å²) in [5, 5.41) is 2.29. The number of benzene rings is 11. The van der Waals surface area contributed by atoms with Crippen LogP contribution in [0, 0.1) is 0 Å². The van der Waals surface area contributed by atoms with Crippen molar-refractivity contribution in [2.24, 2.45) is 0 Å². The molecule has 0 radical (unpaired) electrons. The number of nitrogens with zero attached hydrogens (tertiary/aromatic N) is 2. The van der Waals surface area contributed by atoms with Crippen LogP contribution in [-0.4, -0.2) is 9.97 Å². The van der Waals surface area contributed by atoms with Crippen LogP contribution in [0.4, 0.5) is 0 Å². The maximum absolute atomic E-state index is 5.34. The van der Waals surface area contributed by atoms with Crippen molar-refractivity contribution in [2.45, 2.75) is 5.41 Å². The summed E-state index contributed by atoms with van der Waals surface area (Å²) in [6.07, 6.45) is 0. The van der Waals surface area contributed by atoms with Crippen LogP contribution in [0.3, 0.4) is 0 Å². The van der Waals surface area contributed by atoms with Gasteiger partial charge >= 0.3 is 0 Å². The van der Waals surface area contributed by atoms with Crippen molar-refractivity contribution in [3.05, 3.63) is 301 Å². The van der Waals surface area contributed by atoms with E-state index in [9.17, 15) is 0 Å². The lowest BCUT2D eigenvalue weighted by atomic mass is 9.67. The molecule has 0 aliphatic heterocycles. The first kappa shape index (κ1) is 41.9. The Bertz CT molecular complexity index is 3860. The molecule has 0 saturated carbocycles. The van der Waals surface area contributed by atoms with E-state index in [1.54, 1.807) is 0 Å². The highest BCUT2D eigenvalue weighted by Gasteiger charge is 2.46. The molecule has 0 saturated heterocycles. The fraction of sp³-hybridized carbons (Fsp3) is 0.0145. The van der Waals surface area contributed by atoms with E-state index in [1.165, 1.54) is 50.1 Å². The van der Waals surface area contributed by atoms with Crippen LogP contribution >= 0.6 is 0 Å². The summed E-state index contributed by atoms with van der Waals surface area (Å²) < 4.78 is 0. The van der Waals surface area contributed by atoms with Crippen molar-refractivity contribution < 1.29 is 0 Å². The van der Waals surface area contributed by atoms with Gasteiger partial charge in [-0.05, 0) is 119 Å². The standard InChI is InChI=1S/C69H46N2/c1-6-22-47(23-7-1)51-42-52(50-38-41-65-63(45-50)60-35-20-21-37-64(60)69(65,54-28-12-4-13-29-54)55-30-14-5-15-31-55)44-53(43-51)57-39-40-62(59-34-18-17-33-58(57)59)67-46-66(70-68(71-67)49-26-10-3-11-27-49)61-36-19-16-32-56(61)48-24-8-2-9-25-48/h1-46H.